The zero-order valence-corrected chi connectivity index (χ0v) is 16.2. The number of ether oxygens (including phenoxy) is 1. The Hall–Kier alpha value is -0.900. The first-order valence-electron chi connectivity index (χ1n) is 10.3. The third-order valence-corrected chi connectivity index (χ3v) is 8.52. The molecule has 0 aromatic heterocycles. The van der Waals surface area contributed by atoms with E-state index in [0.717, 1.165) is 37.9 Å². The minimum atomic E-state index is -2.44. The lowest BCUT2D eigenvalue weighted by molar-refractivity contribution is -0.190. The molecule has 1 N–H and O–H groups in total. The standard InChI is InChI=1S/C22H32F2O2/c1-4-26-15-7-10-20(2)14(13-15)5-6-16-17(20)9-12-22(19(23)24)18(16)8-11-21(22,3)25/h5,13,16-19,25H,4,6-12H2,1-3H3/t16-,17+,18+,20+,21+,22+/m1/s1. The van der Waals surface area contributed by atoms with Gasteiger partial charge in [-0.1, -0.05) is 13.0 Å². The van der Waals surface area contributed by atoms with Crippen LogP contribution >= 0.6 is 0 Å². The summed E-state index contributed by atoms with van der Waals surface area (Å²) in [6.45, 7) is 6.69. The van der Waals surface area contributed by atoms with E-state index in [9.17, 15) is 13.9 Å². The Bertz CT molecular complexity index is 638. The number of alkyl halides is 2. The molecular formula is C22H32F2O2. The number of hydrogen-bond acceptors (Lipinski definition) is 2. The van der Waals surface area contributed by atoms with E-state index in [2.05, 4.69) is 19.1 Å². The van der Waals surface area contributed by atoms with Gasteiger partial charge in [0.25, 0.3) is 0 Å². The molecule has 0 radical (unpaired) electrons. The number of aliphatic hydroxyl groups is 1. The normalized spacial score (nSPS) is 47.6. The average molecular weight is 366 g/mol. The highest BCUT2D eigenvalue weighted by atomic mass is 19.3. The van der Waals surface area contributed by atoms with Crippen molar-refractivity contribution in [1.29, 1.82) is 0 Å². The maximum atomic E-state index is 14.3. The Balaban J connectivity index is 1.70. The molecule has 0 aromatic rings. The van der Waals surface area contributed by atoms with Gasteiger partial charge in [0.1, 0.15) is 0 Å². The lowest BCUT2D eigenvalue weighted by Crippen LogP contribution is -2.57. The molecule has 2 nitrogen and oxygen atoms in total. The highest BCUT2D eigenvalue weighted by Crippen LogP contribution is 2.68. The van der Waals surface area contributed by atoms with Gasteiger partial charge in [0, 0.05) is 6.42 Å². The molecule has 0 spiro atoms. The van der Waals surface area contributed by atoms with Gasteiger partial charge in [-0.3, -0.25) is 0 Å². The second-order valence-corrected chi connectivity index (χ2v) is 9.43. The van der Waals surface area contributed by atoms with Gasteiger partial charge in [-0.25, -0.2) is 8.78 Å². The van der Waals surface area contributed by atoms with E-state index >= 15 is 0 Å². The summed E-state index contributed by atoms with van der Waals surface area (Å²) in [6, 6.07) is 0. The lowest BCUT2D eigenvalue weighted by atomic mass is 9.47. The van der Waals surface area contributed by atoms with Crippen LogP contribution in [0.3, 0.4) is 0 Å². The van der Waals surface area contributed by atoms with E-state index in [-0.39, 0.29) is 17.3 Å². The number of allylic oxidation sites excluding steroid dienone is 4. The summed E-state index contributed by atoms with van der Waals surface area (Å²) >= 11 is 0. The van der Waals surface area contributed by atoms with Gasteiger partial charge in [-0.15, -0.1) is 0 Å². The van der Waals surface area contributed by atoms with Crippen molar-refractivity contribution in [3.8, 4) is 0 Å². The Labute approximate surface area is 155 Å². The fraction of sp³-hybridized carbons (Fsp3) is 0.818. The molecule has 2 saturated carbocycles. The van der Waals surface area contributed by atoms with Gasteiger partial charge in [-0.2, -0.15) is 0 Å². The molecule has 0 heterocycles. The minimum absolute atomic E-state index is 0.0618. The topological polar surface area (TPSA) is 29.5 Å². The molecule has 4 aliphatic carbocycles. The van der Waals surface area contributed by atoms with Crippen LogP contribution in [0.25, 0.3) is 0 Å². The number of rotatable bonds is 3. The quantitative estimate of drug-likeness (QED) is 0.717. The second kappa shape index (κ2) is 6.05. The van der Waals surface area contributed by atoms with Crippen LogP contribution in [0.4, 0.5) is 8.78 Å². The molecule has 0 aliphatic heterocycles. The summed E-state index contributed by atoms with van der Waals surface area (Å²) in [7, 11) is 0. The third kappa shape index (κ3) is 2.30. The highest BCUT2D eigenvalue weighted by Gasteiger charge is 2.67. The molecule has 4 aliphatic rings. The van der Waals surface area contributed by atoms with E-state index in [1.54, 1.807) is 6.92 Å². The van der Waals surface area contributed by atoms with Crippen LogP contribution in [0.15, 0.2) is 23.5 Å². The van der Waals surface area contributed by atoms with E-state index in [0.29, 0.717) is 25.4 Å². The van der Waals surface area contributed by atoms with Crippen LogP contribution in [-0.4, -0.2) is 23.7 Å². The molecule has 0 aromatic carbocycles. The zero-order valence-electron chi connectivity index (χ0n) is 16.2. The average Bonchev–Trinajstić information content (AvgIpc) is 2.88. The Morgan fingerprint density at radius 1 is 1.19 bits per heavy atom. The van der Waals surface area contributed by atoms with E-state index in [1.807, 2.05) is 6.92 Å². The first-order valence-corrected chi connectivity index (χ1v) is 10.3. The molecule has 26 heavy (non-hydrogen) atoms. The maximum absolute atomic E-state index is 14.3. The van der Waals surface area contributed by atoms with Crippen LogP contribution in [0.5, 0.6) is 0 Å². The van der Waals surface area contributed by atoms with Crippen LogP contribution in [0, 0.1) is 28.6 Å². The molecule has 0 bridgehead atoms. The largest absolute Gasteiger partial charge is 0.498 e. The van der Waals surface area contributed by atoms with E-state index in [1.165, 1.54) is 5.57 Å². The smallest absolute Gasteiger partial charge is 0.247 e. The summed E-state index contributed by atoms with van der Waals surface area (Å²) in [6.07, 6.45) is 7.38. The fourth-order valence-electron chi connectivity index (χ4n) is 7.08. The second-order valence-electron chi connectivity index (χ2n) is 9.43. The predicted molar refractivity (Wildman–Crippen MR) is 97.7 cm³/mol. The number of fused-ring (bicyclic) bond motifs is 5. The van der Waals surface area contributed by atoms with Crippen molar-refractivity contribution >= 4 is 0 Å². The molecule has 0 unspecified atom stereocenters. The van der Waals surface area contributed by atoms with Crippen molar-refractivity contribution in [3.63, 3.8) is 0 Å². The van der Waals surface area contributed by atoms with Gasteiger partial charge < -0.3 is 9.84 Å². The lowest BCUT2D eigenvalue weighted by Gasteiger charge is -2.58. The SMILES string of the molecule is CCOC1=CC2=CC[C@@H]3[C@H](CC[C@@]4(C(F)F)[C@H]3CC[C@]4(C)O)[C@@]2(C)CC1. The van der Waals surface area contributed by atoms with Gasteiger partial charge in [-0.05, 0) is 87.2 Å². The van der Waals surface area contributed by atoms with Gasteiger partial charge >= 0.3 is 0 Å². The third-order valence-electron chi connectivity index (χ3n) is 8.52. The van der Waals surface area contributed by atoms with Crippen molar-refractivity contribution < 1.29 is 18.6 Å². The zero-order chi connectivity index (χ0) is 18.7. The monoisotopic (exact) mass is 366 g/mol. The summed E-state index contributed by atoms with van der Waals surface area (Å²) in [5.41, 5.74) is -1.04. The molecule has 4 rings (SSSR count). The molecule has 146 valence electrons. The molecule has 6 atom stereocenters. The Kier molecular flexibility index (Phi) is 4.30. The molecule has 4 heteroatoms. The Morgan fingerprint density at radius 2 is 1.92 bits per heavy atom. The number of halogens is 2. The summed E-state index contributed by atoms with van der Waals surface area (Å²) in [4.78, 5) is 0. The van der Waals surface area contributed by atoms with Gasteiger partial charge in [0.05, 0.1) is 23.4 Å². The maximum Gasteiger partial charge on any atom is 0.247 e. The predicted octanol–water partition coefficient (Wildman–Crippen LogP) is 5.48. The first kappa shape index (κ1) is 18.5. The summed E-state index contributed by atoms with van der Waals surface area (Å²) in [5, 5.41) is 10.9. The van der Waals surface area contributed by atoms with Crippen molar-refractivity contribution in [2.75, 3.05) is 6.61 Å². The summed E-state index contributed by atoms with van der Waals surface area (Å²) in [5.74, 6) is 1.70. The molecular weight excluding hydrogens is 334 g/mol. The van der Waals surface area contributed by atoms with Crippen LogP contribution in [0.1, 0.15) is 65.7 Å². The van der Waals surface area contributed by atoms with Gasteiger partial charge in [0.15, 0.2) is 0 Å². The van der Waals surface area contributed by atoms with Crippen LogP contribution in [0.2, 0.25) is 0 Å². The molecule has 0 amide bonds. The first-order chi connectivity index (χ1) is 12.3. The van der Waals surface area contributed by atoms with Crippen molar-refractivity contribution in [2.45, 2.75) is 77.7 Å². The van der Waals surface area contributed by atoms with Crippen molar-refractivity contribution in [2.24, 2.45) is 28.6 Å². The molecule has 0 saturated heterocycles. The van der Waals surface area contributed by atoms with E-state index in [4.69, 9.17) is 4.74 Å². The highest BCUT2D eigenvalue weighted by molar-refractivity contribution is 5.36. The minimum Gasteiger partial charge on any atom is -0.498 e. The van der Waals surface area contributed by atoms with Crippen LogP contribution < -0.4 is 0 Å². The van der Waals surface area contributed by atoms with E-state index < -0.39 is 17.4 Å². The Morgan fingerprint density at radius 3 is 2.62 bits per heavy atom. The fourth-order valence-corrected chi connectivity index (χ4v) is 7.08. The van der Waals surface area contributed by atoms with Crippen molar-refractivity contribution in [3.05, 3.63) is 23.5 Å². The molecule has 2 fully saturated rings. The summed E-state index contributed by atoms with van der Waals surface area (Å²) < 4.78 is 34.3. The van der Waals surface area contributed by atoms with Gasteiger partial charge in [0.2, 0.25) is 6.43 Å². The van der Waals surface area contributed by atoms with Crippen LogP contribution in [-0.2, 0) is 4.74 Å². The van der Waals surface area contributed by atoms with Crippen molar-refractivity contribution in [1.82, 2.24) is 0 Å². The number of hydrogen-bond donors (Lipinski definition) is 1.